The molecule has 0 aromatic heterocycles. The van der Waals surface area contributed by atoms with E-state index >= 15 is 0 Å². The van der Waals surface area contributed by atoms with Crippen LogP contribution in [-0.2, 0) is 0 Å². The van der Waals surface area contributed by atoms with Gasteiger partial charge in [-0.3, -0.25) is 0 Å². The van der Waals surface area contributed by atoms with E-state index < -0.39 is 8.07 Å². The van der Waals surface area contributed by atoms with Gasteiger partial charge in [0.1, 0.15) is 0 Å². The van der Waals surface area contributed by atoms with Crippen molar-refractivity contribution in [3.05, 3.63) is 23.4 Å². The highest BCUT2D eigenvalue weighted by atomic mass is 28.3. The Bertz CT molecular complexity index is 328. The molecule has 0 saturated carbocycles. The molecule has 0 amide bonds. The zero-order chi connectivity index (χ0) is 13.3. The Labute approximate surface area is 108 Å². The second-order valence-corrected chi connectivity index (χ2v) is 12.7. The van der Waals surface area contributed by atoms with Crippen molar-refractivity contribution in [2.75, 3.05) is 6.17 Å². The summed E-state index contributed by atoms with van der Waals surface area (Å²) in [6, 6.07) is 0. The lowest BCUT2D eigenvalue weighted by atomic mass is 10.1. The molecule has 0 spiro atoms. The van der Waals surface area contributed by atoms with E-state index in [0.29, 0.717) is 5.04 Å². The molecule has 2 heteroatoms. The summed E-state index contributed by atoms with van der Waals surface area (Å²) in [6.07, 6.45) is 9.23. The lowest BCUT2D eigenvalue weighted by Gasteiger charge is -2.43. The average molecular weight is 251 g/mol. The smallest absolute Gasteiger partial charge is 0.0980 e. The van der Waals surface area contributed by atoms with Crippen LogP contribution < -0.4 is 5.32 Å². The van der Waals surface area contributed by atoms with Gasteiger partial charge in [0.05, 0.1) is 8.07 Å². The van der Waals surface area contributed by atoms with Crippen LogP contribution in [0.4, 0.5) is 0 Å². The number of hydrogen-bond donors (Lipinski definition) is 1. The van der Waals surface area contributed by atoms with Crippen LogP contribution in [0.2, 0.25) is 11.6 Å². The molecule has 1 nitrogen and oxygen atoms in total. The summed E-state index contributed by atoms with van der Waals surface area (Å²) in [5.41, 5.74) is 0.214. The van der Waals surface area contributed by atoms with Gasteiger partial charge < -0.3 is 5.32 Å². The van der Waals surface area contributed by atoms with E-state index in [1.165, 1.54) is 12.6 Å². The van der Waals surface area contributed by atoms with Gasteiger partial charge in [0.15, 0.2) is 0 Å². The minimum Gasteiger partial charge on any atom is -0.314 e. The molecule has 0 radical (unpaired) electrons. The molecule has 0 heterocycles. The molecule has 0 aliphatic heterocycles. The van der Waals surface area contributed by atoms with Gasteiger partial charge in [0, 0.05) is 5.54 Å². The highest BCUT2D eigenvalue weighted by Gasteiger charge is 2.43. The van der Waals surface area contributed by atoms with Crippen molar-refractivity contribution in [1.29, 1.82) is 0 Å². The van der Waals surface area contributed by atoms with Crippen LogP contribution in [0.1, 0.15) is 48.0 Å². The fourth-order valence-corrected chi connectivity index (χ4v) is 5.80. The van der Waals surface area contributed by atoms with Crippen molar-refractivity contribution < 1.29 is 0 Å². The van der Waals surface area contributed by atoms with Crippen LogP contribution in [0, 0.1) is 0 Å². The molecule has 0 saturated heterocycles. The Morgan fingerprint density at radius 2 is 1.76 bits per heavy atom. The van der Waals surface area contributed by atoms with Gasteiger partial charge in [-0.2, -0.15) is 0 Å². The highest BCUT2D eigenvalue weighted by molar-refractivity contribution is 6.88. The van der Waals surface area contributed by atoms with E-state index in [4.69, 9.17) is 0 Å². The van der Waals surface area contributed by atoms with E-state index in [1.807, 2.05) is 0 Å². The van der Waals surface area contributed by atoms with Crippen LogP contribution in [-0.4, -0.2) is 19.8 Å². The van der Waals surface area contributed by atoms with Gasteiger partial charge in [-0.05, 0) is 38.4 Å². The fourth-order valence-electron chi connectivity index (χ4n) is 2.16. The zero-order valence-electron chi connectivity index (χ0n) is 12.6. The Hall–Kier alpha value is -0.343. The highest BCUT2D eigenvalue weighted by Crippen LogP contribution is 2.42. The summed E-state index contributed by atoms with van der Waals surface area (Å²) in [6.45, 7) is 16.5. The first kappa shape index (κ1) is 14.7. The molecule has 0 bridgehead atoms. The average Bonchev–Trinajstić information content (AvgIpc) is 2.63. The molecule has 1 aliphatic carbocycles. The summed E-state index contributed by atoms with van der Waals surface area (Å²) in [5.74, 6) is 0. The summed E-state index contributed by atoms with van der Waals surface area (Å²) in [4.78, 5) is 0. The fraction of sp³-hybridized carbons (Fsp3) is 0.733. The molecule has 17 heavy (non-hydrogen) atoms. The molecule has 1 aliphatic rings. The second-order valence-electron chi connectivity index (χ2n) is 7.51. The Kier molecular flexibility index (Phi) is 4.10. The van der Waals surface area contributed by atoms with Crippen LogP contribution in [0.5, 0.6) is 0 Å². The van der Waals surface area contributed by atoms with E-state index in [1.54, 1.807) is 5.20 Å². The summed E-state index contributed by atoms with van der Waals surface area (Å²) >= 11 is 0. The van der Waals surface area contributed by atoms with Crippen molar-refractivity contribution in [3.8, 4) is 0 Å². The van der Waals surface area contributed by atoms with Gasteiger partial charge in [-0.1, -0.05) is 50.7 Å². The molecule has 1 rings (SSSR count). The van der Waals surface area contributed by atoms with E-state index in [2.05, 4.69) is 71.6 Å². The largest absolute Gasteiger partial charge is 0.314 e. The van der Waals surface area contributed by atoms with Gasteiger partial charge in [-0.25, -0.2) is 0 Å². The monoisotopic (exact) mass is 251 g/mol. The number of nitrogens with one attached hydrogen (secondary N) is 1. The minimum atomic E-state index is -1.44. The third kappa shape index (κ3) is 3.56. The zero-order valence-corrected chi connectivity index (χ0v) is 13.6. The molecule has 98 valence electrons. The predicted molar refractivity (Wildman–Crippen MR) is 80.9 cm³/mol. The van der Waals surface area contributed by atoms with E-state index in [9.17, 15) is 0 Å². The molecule has 0 fully saturated rings. The van der Waals surface area contributed by atoms with Crippen molar-refractivity contribution >= 4 is 8.07 Å². The summed E-state index contributed by atoms with van der Waals surface area (Å²) < 4.78 is 0. The van der Waals surface area contributed by atoms with Crippen LogP contribution in [0.25, 0.3) is 0 Å². The molecule has 0 aromatic carbocycles. The lowest BCUT2D eigenvalue weighted by molar-refractivity contribution is 0.451. The number of rotatable bonds is 3. The van der Waals surface area contributed by atoms with Crippen molar-refractivity contribution in [1.82, 2.24) is 5.32 Å². The van der Waals surface area contributed by atoms with Crippen LogP contribution in [0.3, 0.4) is 0 Å². The Balaban J connectivity index is 2.88. The quantitative estimate of drug-likeness (QED) is 0.741. The lowest BCUT2D eigenvalue weighted by Crippen LogP contribution is -2.55. The van der Waals surface area contributed by atoms with Crippen molar-refractivity contribution in [2.24, 2.45) is 0 Å². The standard InChI is InChI=1S/C15H29NSi/c1-14(2,3)16-12-17(7,15(4,5)6)13-10-8-9-11-13/h8-10,16H,11-12H2,1-7H3. The molecule has 1 atom stereocenters. The predicted octanol–water partition coefficient (Wildman–Crippen LogP) is 4.22. The molecular weight excluding hydrogens is 222 g/mol. The minimum absolute atomic E-state index is 0.214. The van der Waals surface area contributed by atoms with Gasteiger partial charge >= 0.3 is 0 Å². The Morgan fingerprint density at radius 1 is 1.18 bits per heavy atom. The van der Waals surface area contributed by atoms with E-state index in [-0.39, 0.29) is 5.54 Å². The number of hydrogen-bond acceptors (Lipinski definition) is 1. The number of allylic oxidation sites excluding steroid dienone is 4. The Morgan fingerprint density at radius 3 is 2.12 bits per heavy atom. The van der Waals surface area contributed by atoms with Crippen molar-refractivity contribution in [2.45, 2.75) is 65.1 Å². The first-order chi connectivity index (χ1) is 7.56. The third-order valence-corrected chi connectivity index (χ3v) is 10.1. The SMILES string of the molecule is CC(C)(C)NC[Si](C)(C1=CC=CC1)C(C)(C)C. The maximum atomic E-state index is 3.74. The van der Waals surface area contributed by atoms with Crippen LogP contribution in [0.15, 0.2) is 23.4 Å². The first-order valence-electron chi connectivity index (χ1n) is 6.67. The second kappa shape index (κ2) is 4.73. The third-order valence-electron chi connectivity index (χ3n) is 4.11. The first-order valence-corrected chi connectivity index (χ1v) is 9.38. The summed E-state index contributed by atoms with van der Waals surface area (Å²) in [5, 5.41) is 5.84. The summed E-state index contributed by atoms with van der Waals surface area (Å²) in [7, 11) is -1.44. The maximum Gasteiger partial charge on any atom is 0.0980 e. The molecular formula is C15H29NSi. The molecule has 1 unspecified atom stereocenters. The topological polar surface area (TPSA) is 12.0 Å². The van der Waals surface area contributed by atoms with Gasteiger partial charge in [0.25, 0.3) is 0 Å². The van der Waals surface area contributed by atoms with E-state index in [0.717, 1.165) is 0 Å². The normalized spacial score (nSPS) is 20.3. The maximum absolute atomic E-state index is 3.74. The van der Waals surface area contributed by atoms with Crippen LogP contribution >= 0.6 is 0 Å². The van der Waals surface area contributed by atoms with Gasteiger partial charge in [0.2, 0.25) is 0 Å². The molecule has 0 aromatic rings. The van der Waals surface area contributed by atoms with Crippen molar-refractivity contribution in [3.63, 3.8) is 0 Å². The van der Waals surface area contributed by atoms with Gasteiger partial charge in [-0.15, -0.1) is 0 Å². The molecule has 1 N–H and O–H groups in total.